The van der Waals surface area contributed by atoms with Crippen LogP contribution in [0.5, 0.6) is 0 Å². The Hall–Kier alpha value is -2.16. The van der Waals surface area contributed by atoms with Crippen molar-refractivity contribution in [3.05, 3.63) is 16.3 Å². The van der Waals surface area contributed by atoms with Crippen molar-refractivity contribution in [2.45, 2.75) is 50.5 Å². The van der Waals surface area contributed by atoms with Crippen LogP contribution in [-0.4, -0.2) is 39.6 Å². The number of carbonyl (C=O) groups excluding carboxylic acids is 1. The number of aryl methyl sites for hydroxylation is 3. The summed E-state index contributed by atoms with van der Waals surface area (Å²) in [5.41, 5.74) is 1.36. The highest BCUT2D eigenvalue weighted by molar-refractivity contribution is 8.00. The largest absolute Gasteiger partial charge is 0.340 e. The van der Waals surface area contributed by atoms with Gasteiger partial charge in [0.05, 0.1) is 30.7 Å². The van der Waals surface area contributed by atoms with Crippen LogP contribution in [0.15, 0.2) is 5.03 Å². The SMILES string of the molecule is Cc1nc(SCC(=O)N(CCC#N)CCC#N)c2c3c(sc2n1)CCCC3. The Kier molecular flexibility index (Phi) is 6.65. The summed E-state index contributed by atoms with van der Waals surface area (Å²) in [6.07, 6.45) is 5.12. The number of carbonyl (C=O) groups is 1. The van der Waals surface area contributed by atoms with Gasteiger partial charge in [0, 0.05) is 23.4 Å². The molecule has 0 atom stereocenters. The lowest BCUT2D eigenvalue weighted by molar-refractivity contribution is -0.128. The van der Waals surface area contributed by atoms with Crippen molar-refractivity contribution in [3.63, 3.8) is 0 Å². The third-order valence-electron chi connectivity index (χ3n) is 4.57. The van der Waals surface area contributed by atoms with Crippen molar-refractivity contribution in [1.82, 2.24) is 14.9 Å². The Labute approximate surface area is 167 Å². The van der Waals surface area contributed by atoms with Gasteiger partial charge in [-0.1, -0.05) is 11.8 Å². The molecule has 1 aliphatic rings. The van der Waals surface area contributed by atoms with E-state index in [-0.39, 0.29) is 24.5 Å². The predicted molar refractivity (Wildman–Crippen MR) is 107 cm³/mol. The second kappa shape index (κ2) is 9.16. The van der Waals surface area contributed by atoms with E-state index in [2.05, 4.69) is 22.1 Å². The van der Waals surface area contributed by atoms with E-state index in [1.165, 1.54) is 35.0 Å². The number of fused-ring (bicyclic) bond motifs is 3. The van der Waals surface area contributed by atoms with E-state index in [9.17, 15) is 4.79 Å². The number of hydrogen-bond donors (Lipinski definition) is 0. The molecule has 0 saturated heterocycles. The summed E-state index contributed by atoms with van der Waals surface area (Å²) in [5, 5.41) is 19.6. The number of aromatic nitrogens is 2. The molecule has 0 bridgehead atoms. The van der Waals surface area contributed by atoms with E-state index >= 15 is 0 Å². The zero-order valence-electron chi connectivity index (χ0n) is 15.3. The van der Waals surface area contributed by atoms with Gasteiger partial charge < -0.3 is 4.90 Å². The maximum absolute atomic E-state index is 12.6. The average Bonchev–Trinajstić information content (AvgIpc) is 3.04. The summed E-state index contributed by atoms with van der Waals surface area (Å²) >= 11 is 3.20. The van der Waals surface area contributed by atoms with E-state index in [0.717, 1.165) is 33.9 Å². The Balaban J connectivity index is 1.79. The number of amides is 1. The van der Waals surface area contributed by atoms with E-state index in [1.807, 2.05) is 6.92 Å². The number of nitrogens with zero attached hydrogens (tertiary/aromatic N) is 5. The van der Waals surface area contributed by atoms with Crippen LogP contribution in [0, 0.1) is 29.6 Å². The molecule has 0 spiro atoms. The lowest BCUT2D eigenvalue weighted by Crippen LogP contribution is -2.34. The summed E-state index contributed by atoms with van der Waals surface area (Å²) in [6.45, 7) is 2.61. The predicted octanol–water partition coefficient (Wildman–Crippen LogP) is 3.63. The fourth-order valence-electron chi connectivity index (χ4n) is 3.28. The molecule has 0 aromatic carbocycles. The number of thioether (sulfide) groups is 1. The van der Waals surface area contributed by atoms with Gasteiger partial charge in [-0.3, -0.25) is 4.79 Å². The summed E-state index contributed by atoms with van der Waals surface area (Å²) in [7, 11) is 0. The van der Waals surface area contributed by atoms with Crippen LogP contribution in [-0.2, 0) is 17.6 Å². The fraction of sp³-hybridized carbons (Fsp3) is 0.526. The van der Waals surface area contributed by atoms with Gasteiger partial charge in [0.25, 0.3) is 0 Å². The van der Waals surface area contributed by atoms with Crippen LogP contribution < -0.4 is 0 Å². The third kappa shape index (κ3) is 4.58. The second-order valence-electron chi connectivity index (χ2n) is 6.45. The van der Waals surface area contributed by atoms with Crippen molar-refractivity contribution in [2.75, 3.05) is 18.8 Å². The second-order valence-corrected chi connectivity index (χ2v) is 8.50. The van der Waals surface area contributed by atoms with Gasteiger partial charge in [-0.25, -0.2) is 9.97 Å². The molecule has 2 heterocycles. The first-order chi connectivity index (χ1) is 13.1. The maximum atomic E-state index is 12.6. The number of nitriles is 2. The summed E-state index contributed by atoms with van der Waals surface area (Å²) < 4.78 is 0. The van der Waals surface area contributed by atoms with Gasteiger partial charge in [0.15, 0.2) is 0 Å². The topological polar surface area (TPSA) is 93.7 Å². The van der Waals surface area contributed by atoms with Crippen LogP contribution >= 0.6 is 23.1 Å². The molecule has 0 unspecified atom stereocenters. The molecule has 1 aliphatic carbocycles. The Morgan fingerprint density at radius 3 is 2.59 bits per heavy atom. The zero-order chi connectivity index (χ0) is 19.2. The molecule has 1 amide bonds. The molecule has 27 heavy (non-hydrogen) atoms. The van der Waals surface area contributed by atoms with Crippen molar-refractivity contribution in [3.8, 4) is 12.1 Å². The Morgan fingerprint density at radius 1 is 1.19 bits per heavy atom. The van der Waals surface area contributed by atoms with Gasteiger partial charge in [-0.05, 0) is 38.2 Å². The molecule has 3 rings (SSSR count). The van der Waals surface area contributed by atoms with Crippen LogP contribution in [0.3, 0.4) is 0 Å². The number of thiophene rings is 1. The van der Waals surface area contributed by atoms with Gasteiger partial charge >= 0.3 is 0 Å². The molecule has 6 nitrogen and oxygen atoms in total. The van der Waals surface area contributed by atoms with Crippen molar-refractivity contribution < 1.29 is 4.79 Å². The normalized spacial score (nSPS) is 13.0. The molecule has 0 fully saturated rings. The average molecular weight is 400 g/mol. The lowest BCUT2D eigenvalue weighted by atomic mass is 9.97. The van der Waals surface area contributed by atoms with Crippen LogP contribution in [0.25, 0.3) is 10.2 Å². The van der Waals surface area contributed by atoms with Gasteiger partial charge in [0.2, 0.25) is 5.91 Å². The molecule has 0 aliphatic heterocycles. The fourth-order valence-corrected chi connectivity index (χ4v) is 5.66. The Bertz CT molecular complexity index is 907. The van der Waals surface area contributed by atoms with E-state index in [0.29, 0.717) is 13.1 Å². The summed E-state index contributed by atoms with van der Waals surface area (Å²) in [6, 6.07) is 4.13. The zero-order valence-corrected chi connectivity index (χ0v) is 17.0. The minimum absolute atomic E-state index is 0.0565. The van der Waals surface area contributed by atoms with Gasteiger partial charge in [-0.2, -0.15) is 10.5 Å². The molecular formula is C19H21N5OS2. The summed E-state index contributed by atoms with van der Waals surface area (Å²) in [4.78, 5) is 25.9. The quantitative estimate of drug-likeness (QED) is 0.521. The Morgan fingerprint density at radius 2 is 1.89 bits per heavy atom. The number of rotatable bonds is 7. The maximum Gasteiger partial charge on any atom is 0.233 e. The van der Waals surface area contributed by atoms with Crippen molar-refractivity contribution in [1.29, 1.82) is 10.5 Å². The molecule has 0 saturated carbocycles. The highest BCUT2D eigenvalue weighted by Gasteiger charge is 2.22. The standard InChI is InChI=1S/C19H21N5OS2/c1-13-22-18(17-14-6-2-3-7-15(14)27-19(17)23-13)26-12-16(25)24(10-4-8-20)11-5-9-21/h2-7,10-12H2,1H3. The highest BCUT2D eigenvalue weighted by atomic mass is 32.2. The van der Waals surface area contributed by atoms with Gasteiger partial charge in [-0.15, -0.1) is 11.3 Å². The first-order valence-corrected chi connectivity index (χ1v) is 10.9. The monoisotopic (exact) mass is 399 g/mol. The van der Waals surface area contributed by atoms with E-state index in [4.69, 9.17) is 10.5 Å². The van der Waals surface area contributed by atoms with Crippen LogP contribution in [0.1, 0.15) is 41.9 Å². The van der Waals surface area contributed by atoms with E-state index < -0.39 is 0 Å². The van der Waals surface area contributed by atoms with E-state index in [1.54, 1.807) is 16.2 Å². The molecule has 2 aromatic heterocycles. The molecular weight excluding hydrogens is 378 g/mol. The van der Waals surface area contributed by atoms with Crippen LogP contribution in [0.4, 0.5) is 0 Å². The van der Waals surface area contributed by atoms with Crippen molar-refractivity contribution >= 4 is 39.2 Å². The molecule has 8 heteroatoms. The summed E-state index contributed by atoms with van der Waals surface area (Å²) in [5.74, 6) is 0.924. The number of hydrogen-bond acceptors (Lipinski definition) is 7. The highest BCUT2D eigenvalue weighted by Crippen LogP contribution is 2.39. The third-order valence-corrected chi connectivity index (χ3v) is 6.71. The smallest absolute Gasteiger partial charge is 0.233 e. The van der Waals surface area contributed by atoms with Gasteiger partial charge in [0.1, 0.15) is 15.7 Å². The molecule has 0 N–H and O–H groups in total. The first kappa shape index (κ1) is 19.6. The molecule has 0 radical (unpaired) electrons. The lowest BCUT2D eigenvalue weighted by Gasteiger charge is -2.20. The van der Waals surface area contributed by atoms with Crippen LogP contribution in [0.2, 0.25) is 0 Å². The first-order valence-electron chi connectivity index (χ1n) is 9.07. The minimum atomic E-state index is -0.0565. The molecule has 140 valence electrons. The molecule has 2 aromatic rings. The minimum Gasteiger partial charge on any atom is -0.340 e. The van der Waals surface area contributed by atoms with Crippen molar-refractivity contribution in [2.24, 2.45) is 0 Å².